The van der Waals surface area contributed by atoms with Crippen LogP contribution < -0.4 is 4.74 Å². The summed E-state index contributed by atoms with van der Waals surface area (Å²) in [6.07, 6.45) is -0.999. The van der Waals surface area contributed by atoms with Crippen molar-refractivity contribution in [1.82, 2.24) is 4.98 Å². The van der Waals surface area contributed by atoms with Crippen LogP contribution in [-0.2, 0) is 0 Å². The predicted octanol–water partition coefficient (Wildman–Crippen LogP) is 7.04. The van der Waals surface area contributed by atoms with Crippen LogP contribution in [0.25, 0.3) is 23.1 Å². The summed E-state index contributed by atoms with van der Waals surface area (Å²) in [5, 5.41) is 1.14. The Morgan fingerprint density at radius 1 is 0.929 bits per heavy atom. The van der Waals surface area contributed by atoms with E-state index in [0.717, 1.165) is 22.2 Å². The maximum Gasteiger partial charge on any atom is 0.573 e. The molecule has 0 saturated carbocycles. The molecule has 0 aliphatic heterocycles. The lowest BCUT2D eigenvalue weighted by atomic mass is 9.92. The number of hydrogen-bond donors (Lipinski definition) is 0. The lowest BCUT2D eigenvalue weighted by molar-refractivity contribution is -0.274. The standard InChI is InChI=1S/C23H22F3NO/c1-14(2)21-16(4)13-15(3)20-12-9-18(27-22(20)21)8-5-17-6-10-19(11-7-17)28-23(24,25)26/h5-14H,1-4H3. The van der Waals surface area contributed by atoms with Crippen molar-refractivity contribution < 1.29 is 17.9 Å². The molecule has 0 amide bonds. The first-order chi connectivity index (χ1) is 13.1. The molecular formula is C23H22F3NO. The topological polar surface area (TPSA) is 22.1 Å². The number of fused-ring (bicyclic) bond motifs is 1. The Morgan fingerprint density at radius 2 is 1.61 bits per heavy atom. The van der Waals surface area contributed by atoms with Gasteiger partial charge in [0.1, 0.15) is 5.75 Å². The first-order valence-corrected chi connectivity index (χ1v) is 9.09. The molecule has 0 radical (unpaired) electrons. The predicted molar refractivity (Wildman–Crippen MR) is 107 cm³/mol. The summed E-state index contributed by atoms with van der Waals surface area (Å²) < 4.78 is 40.6. The molecule has 28 heavy (non-hydrogen) atoms. The number of rotatable bonds is 4. The average molecular weight is 385 g/mol. The van der Waals surface area contributed by atoms with Gasteiger partial charge in [-0.15, -0.1) is 13.2 Å². The van der Waals surface area contributed by atoms with Gasteiger partial charge in [-0.25, -0.2) is 4.98 Å². The van der Waals surface area contributed by atoms with Crippen molar-refractivity contribution in [3.05, 3.63) is 70.4 Å². The summed E-state index contributed by atoms with van der Waals surface area (Å²) in [6, 6.07) is 12.0. The van der Waals surface area contributed by atoms with Crippen molar-refractivity contribution in [3.63, 3.8) is 0 Å². The van der Waals surface area contributed by atoms with Crippen LogP contribution in [0.4, 0.5) is 13.2 Å². The van der Waals surface area contributed by atoms with Gasteiger partial charge in [-0.1, -0.05) is 44.2 Å². The van der Waals surface area contributed by atoms with Gasteiger partial charge in [0.25, 0.3) is 0 Å². The van der Waals surface area contributed by atoms with E-state index in [1.807, 2.05) is 18.2 Å². The third-order valence-electron chi connectivity index (χ3n) is 4.59. The fourth-order valence-electron chi connectivity index (χ4n) is 3.45. The number of alkyl halides is 3. The minimum absolute atomic E-state index is 0.235. The minimum Gasteiger partial charge on any atom is -0.406 e. The van der Waals surface area contributed by atoms with Gasteiger partial charge >= 0.3 is 6.36 Å². The average Bonchev–Trinajstić information content (AvgIpc) is 2.59. The van der Waals surface area contributed by atoms with E-state index < -0.39 is 6.36 Å². The summed E-state index contributed by atoms with van der Waals surface area (Å²) in [7, 11) is 0. The smallest absolute Gasteiger partial charge is 0.406 e. The number of benzene rings is 2. The number of pyridine rings is 1. The molecule has 0 atom stereocenters. The highest BCUT2D eigenvalue weighted by molar-refractivity contribution is 5.88. The molecule has 2 aromatic carbocycles. The van der Waals surface area contributed by atoms with Gasteiger partial charge in [0.05, 0.1) is 11.2 Å². The number of aryl methyl sites for hydroxylation is 2. The van der Waals surface area contributed by atoms with Crippen LogP contribution in [0, 0.1) is 13.8 Å². The Kier molecular flexibility index (Phi) is 5.45. The van der Waals surface area contributed by atoms with Gasteiger partial charge in [0.2, 0.25) is 0 Å². The molecule has 2 nitrogen and oxygen atoms in total. The molecule has 0 saturated heterocycles. The maximum atomic E-state index is 12.2. The molecule has 0 spiro atoms. The van der Waals surface area contributed by atoms with Crippen LogP contribution in [0.3, 0.4) is 0 Å². The first-order valence-electron chi connectivity index (χ1n) is 9.09. The molecule has 0 N–H and O–H groups in total. The van der Waals surface area contributed by atoms with Gasteiger partial charge < -0.3 is 4.74 Å². The second kappa shape index (κ2) is 7.66. The summed E-state index contributed by atoms with van der Waals surface area (Å²) in [5.41, 5.74) is 6.23. The van der Waals surface area contributed by atoms with Crippen LogP contribution in [0.15, 0.2) is 42.5 Å². The van der Waals surface area contributed by atoms with Crippen molar-refractivity contribution in [3.8, 4) is 5.75 Å². The zero-order valence-corrected chi connectivity index (χ0v) is 16.3. The van der Waals surface area contributed by atoms with E-state index in [4.69, 9.17) is 4.98 Å². The fraction of sp³-hybridized carbons (Fsp3) is 0.261. The molecule has 0 fully saturated rings. The van der Waals surface area contributed by atoms with Gasteiger partial charge in [-0.3, -0.25) is 0 Å². The summed E-state index contributed by atoms with van der Waals surface area (Å²) in [4.78, 5) is 4.84. The highest BCUT2D eigenvalue weighted by Gasteiger charge is 2.30. The van der Waals surface area contributed by atoms with E-state index in [1.54, 1.807) is 12.1 Å². The lowest BCUT2D eigenvalue weighted by Gasteiger charge is -2.15. The molecule has 1 aromatic heterocycles. The van der Waals surface area contributed by atoms with Crippen molar-refractivity contribution in [2.75, 3.05) is 0 Å². The van der Waals surface area contributed by atoms with Gasteiger partial charge in [0.15, 0.2) is 0 Å². The monoisotopic (exact) mass is 385 g/mol. The van der Waals surface area contributed by atoms with E-state index in [0.29, 0.717) is 5.92 Å². The molecule has 1 heterocycles. The molecule has 0 aliphatic rings. The largest absolute Gasteiger partial charge is 0.573 e. The van der Waals surface area contributed by atoms with Gasteiger partial charge in [-0.2, -0.15) is 0 Å². The summed E-state index contributed by atoms with van der Waals surface area (Å²) in [6.45, 7) is 8.51. The molecule has 3 aromatic rings. The van der Waals surface area contributed by atoms with Gasteiger partial charge in [-0.05, 0) is 66.3 Å². The van der Waals surface area contributed by atoms with E-state index in [1.165, 1.54) is 28.8 Å². The summed E-state index contributed by atoms with van der Waals surface area (Å²) >= 11 is 0. The highest BCUT2D eigenvalue weighted by Crippen LogP contribution is 2.30. The van der Waals surface area contributed by atoms with E-state index in [9.17, 15) is 13.2 Å². The van der Waals surface area contributed by atoms with Gasteiger partial charge in [0, 0.05) is 5.39 Å². The van der Waals surface area contributed by atoms with Crippen molar-refractivity contribution in [2.45, 2.75) is 40.0 Å². The second-order valence-corrected chi connectivity index (χ2v) is 7.16. The SMILES string of the molecule is Cc1cc(C)c2ccc(C=Cc3ccc(OC(F)(F)F)cc3)nc2c1C(C)C. The van der Waals surface area contributed by atoms with Crippen molar-refractivity contribution in [1.29, 1.82) is 0 Å². The van der Waals surface area contributed by atoms with Crippen molar-refractivity contribution >= 4 is 23.1 Å². The van der Waals surface area contributed by atoms with E-state index >= 15 is 0 Å². The molecule has 0 aliphatic carbocycles. The number of hydrogen-bond acceptors (Lipinski definition) is 2. The number of halogens is 3. The summed E-state index contributed by atoms with van der Waals surface area (Å²) in [5.74, 6) is 0.122. The molecule has 146 valence electrons. The fourth-order valence-corrected chi connectivity index (χ4v) is 3.45. The molecule has 5 heteroatoms. The highest BCUT2D eigenvalue weighted by atomic mass is 19.4. The van der Waals surface area contributed by atoms with Crippen LogP contribution in [0.1, 0.15) is 47.7 Å². The Bertz CT molecular complexity index is 1020. The van der Waals surface area contributed by atoms with Crippen molar-refractivity contribution in [2.24, 2.45) is 0 Å². The quantitative estimate of drug-likeness (QED) is 0.480. The third kappa shape index (κ3) is 4.53. The van der Waals surface area contributed by atoms with E-state index in [2.05, 4.69) is 44.6 Å². The normalized spacial score (nSPS) is 12.3. The zero-order valence-electron chi connectivity index (χ0n) is 16.3. The second-order valence-electron chi connectivity index (χ2n) is 7.16. The van der Waals surface area contributed by atoms with Crippen LogP contribution in [0.5, 0.6) is 5.75 Å². The lowest BCUT2D eigenvalue weighted by Crippen LogP contribution is -2.16. The number of nitrogens with zero attached hydrogens (tertiary/aromatic N) is 1. The zero-order chi connectivity index (χ0) is 20.5. The van der Waals surface area contributed by atoms with E-state index in [-0.39, 0.29) is 5.75 Å². The number of ether oxygens (including phenoxy) is 1. The molecule has 0 bridgehead atoms. The molecular weight excluding hydrogens is 363 g/mol. The third-order valence-corrected chi connectivity index (χ3v) is 4.59. The Morgan fingerprint density at radius 3 is 2.21 bits per heavy atom. The number of aromatic nitrogens is 1. The Balaban J connectivity index is 1.91. The van der Waals surface area contributed by atoms with Crippen LogP contribution in [0.2, 0.25) is 0 Å². The molecule has 0 unspecified atom stereocenters. The minimum atomic E-state index is -4.68. The Labute approximate surface area is 162 Å². The molecule has 3 rings (SSSR count). The van der Waals surface area contributed by atoms with Crippen LogP contribution in [-0.4, -0.2) is 11.3 Å². The Hall–Kier alpha value is -2.82. The van der Waals surface area contributed by atoms with Crippen LogP contribution >= 0.6 is 0 Å². The maximum absolute atomic E-state index is 12.2. The first kappa shape index (κ1) is 19.9.